The van der Waals surface area contributed by atoms with Crippen molar-refractivity contribution in [1.82, 2.24) is 21.3 Å². The molecule has 0 spiro atoms. The smallest absolute Gasteiger partial charge is 0.00772 e. The number of hydrogen-bond acceptors (Lipinski definition) is 4. The van der Waals surface area contributed by atoms with Gasteiger partial charge in [-0.15, -0.1) is 49.6 Å². The average molecular weight is 332 g/mol. The van der Waals surface area contributed by atoms with E-state index in [2.05, 4.69) is 21.3 Å². The van der Waals surface area contributed by atoms with E-state index in [1.54, 1.807) is 0 Å². The SMILES string of the molecule is C1CNCCNCCNCCNC1.Cl.Cl.Cl.Cl. The second kappa shape index (κ2) is 22.2. The molecule has 0 aliphatic carbocycles. The topological polar surface area (TPSA) is 48.1 Å². The van der Waals surface area contributed by atoms with E-state index in [-0.39, 0.29) is 49.6 Å². The standard InChI is InChI=1S/C9H22N4.4ClH/c1-2-10-4-6-12-8-9-13-7-5-11-3-1;;;;/h10-13H,1-9H2;4*1H. The Bertz CT molecular complexity index is 73.1. The highest BCUT2D eigenvalue weighted by Crippen LogP contribution is 1.73. The molecular formula is C9H26Cl4N4. The van der Waals surface area contributed by atoms with E-state index in [0.29, 0.717) is 0 Å². The summed E-state index contributed by atoms with van der Waals surface area (Å²) in [6, 6.07) is 0. The molecule has 1 saturated heterocycles. The van der Waals surface area contributed by atoms with Crippen LogP contribution in [0.5, 0.6) is 0 Å². The molecule has 0 saturated carbocycles. The van der Waals surface area contributed by atoms with Gasteiger partial charge < -0.3 is 21.3 Å². The zero-order valence-electron chi connectivity index (χ0n) is 10.00. The molecule has 110 valence electrons. The molecule has 0 amide bonds. The first-order valence-electron chi connectivity index (χ1n) is 5.33. The first-order valence-corrected chi connectivity index (χ1v) is 5.33. The van der Waals surface area contributed by atoms with Gasteiger partial charge in [-0.2, -0.15) is 0 Å². The Kier molecular flexibility index (Phi) is 34.7. The molecule has 1 rings (SSSR count). The van der Waals surface area contributed by atoms with E-state index in [0.717, 1.165) is 52.4 Å². The molecule has 4 nitrogen and oxygen atoms in total. The van der Waals surface area contributed by atoms with Gasteiger partial charge in [-0.25, -0.2) is 0 Å². The van der Waals surface area contributed by atoms with Gasteiger partial charge in [-0.3, -0.25) is 0 Å². The zero-order valence-corrected chi connectivity index (χ0v) is 13.3. The van der Waals surface area contributed by atoms with Crippen LogP contribution >= 0.6 is 49.6 Å². The molecule has 1 aliphatic rings. The molecule has 1 aliphatic heterocycles. The summed E-state index contributed by atoms with van der Waals surface area (Å²) in [5.74, 6) is 0. The van der Waals surface area contributed by atoms with Gasteiger partial charge in [0.05, 0.1) is 0 Å². The summed E-state index contributed by atoms with van der Waals surface area (Å²) in [5, 5.41) is 13.6. The van der Waals surface area contributed by atoms with Crippen LogP contribution in [0.25, 0.3) is 0 Å². The Balaban J connectivity index is -0.000000211. The van der Waals surface area contributed by atoms with Gasteiger partial charge in [0.1, 0.15) is 0 Å². The van der Waals surface area contributed by atoms with Crippen LogP contribution in [-0.2, 0) is 0 Å². The Morgan fingerprint density at radius 1 is 0.353 bits per heavy atom. The van der Waals surface area contributed by atoms with Crippen LogP contribution in [0.1, 0.15) is 6.42 Å². The average Bonchev–Trinajstić information content (AvgIpc) is 2.18. The van der Waals surface area contributed by atoms with E-state index in [1.165, 1.54) is 6.42 Å². The minimum absolute atomic E-state index is 0. The lowest BCUT2D eigenvalue weighted by Crippen LogP contribution is -2.34. The maximum Gasteiger partial charge on any atom is 0.00772 e. The van der Waals surface area contributed by atoms with Crippen LogP contribution in [0, 0.1) is 0 Å². The van der Waals surface area contributed by atoms with E-state index in [9.17, 15) is 0 Å². The van der Waals surface area contributed by atoms with E-state index in [1.807, 2.05) is 0 Å². The molecule has 0 atom stereocenters. The van der Waals surface area contributed by atoms with Gasteiger partial charge in [0.2, 0.25) is 0 Å². The third-order valence-corrected chi connectivity index (χ3v) is 2.14. The number of rotatable bonds is 0. The second-order valence-corrected chi connectivity index (χ2v) is 3.35. The molecule has 0 bridgehead atoms. The van der Waals surface area contributed by atoms with Crippen molar-refractivity contribution in [3.05, 3.63) is 0 Å². The van der Waals surface area contributed by atoms with Crippen molar-refractivity contribution in [2.24, 2.45) is 0 Å². The van der Waals surface area contributed by atoms with E-state index >= 15 is 0 Å². The number of nitrogens with one attached hydrogen (secondary N) is 4. The lowest BCUT2D eigenvalue weighted by Gasteiger charge is -2.05. The van der Waals surface area contributed by atoms with Crippen LogP contribution in [0.15, 0.2) is 0 Å². The molecule has 0 radical (unpaired) electrons. The fourth-order valence-corrected chi connectivity index (χ4v) is 1.37. The van der Waals surface area contributed by atoms with Crippen LogP contribution in [0.3, 0.4) is 0 Å². The molecule has 1 heterocycles. The highest BCUT2D eigenvalue weighted by atomic mass is 35.5. The predicted octanol–water partition coefficient (Wildman–Crippen LogP) is 0.436. The zero-order chi connectivity index (χ0) is 9.19. The normalized spacial score (nSPS) is 18.4. The Hall–Kier alpha value is 1.00. The molecule has 4 N–H and O–H groups in total. The maximum atomic E-state index is 3.40. The highest BCUT2D eigenvalue weighted by molar-refractivity contribution is 5.86. The first-order chi connectivity index (χ1) is 6.50. The largest absolute Gasteiger partial charge is 0.315 e. The van der Waals surface area contributed by atoms with Crippen LogP contribution in [-0.4, -0.2) is 52.4 Å². The van der Waals surface area contributed by atoms with Crippen molar-refractivity contribution in [3.8, 4) is 0 Å². The monoisotopic (exact) mass is 330 g/mol. The summed E-state index contributed by atoms with van der Waals surface area (Å²) in [6.07, 6.45) is 1.22. The quantitative estimate of drug-likeness (QED) is 0.520. The van der Waals surface area contributed by atoms with Crippen molar-refractivity contribution >= 4 is 49.6 Å². The van der Waals surface area contributed by atoms with Gasteiger partial charge in [0.15, 0.2) is 0 Å². The van der Waals surface area contributed by atoms with Crippen LogP contribution < -0.4 is 21.3 Å². The molecule has 0 aromatic carbocycles. The highest BCUT2D eigenvalue weighted by Gasteiger charge is 1.92. The van der Waals surface area contributed by atoms with Crippen molar-refractivity contribution in [1.29, 1.82) is 0 Å². The Morgan fingerprint density at radius 2 is 0.588 bits per heavy atom. The van der Waals surface area contributed by atoms with Crippen LogP contribution in [0.2, 0.25) is 0 Å². The summed E-state index contributed by atoms with van der Waals surface area (Å²) >= 11 is 0. The molecule has 8 heteroatoms. The summed E-state index contributed by atoms with van der Waals surface area (Å²) in [4.78, 5) is 0. The third-order valence-electron chi connectivity index (χ3n) is 2.14. The molecular weight excluding hydrogens is 306 g/mol. The lowest BCUT2D eigenvalue weighted by atomic mass is 10.4. The number of hydrogen-bond donors (Lipinski definition) is 4. The van der Waals surface area contributed by atoms with Gasteiger partial charge in [-0.1, -0.05) is 0 Å². The summed E-state index contributed by atoms with van der Waals surface area (Å²) in [6.45, 7) is 8.72. The Morgan fingerprint density at radius 3 is 0.882 bits per heavy atom. The summed E-state index contributed by atoms with van der Waals surface area (Å²) in [5.41, 5.74) is 0. The van der Waals surface area contributed by atoms with Crippen molar-refractivity contribution < 1.29 is 0 Å². The fourth-order valence-electron chi connectivity index (χ4n) is 1.37. The van der Waals surface area contributed by atoms with E-state index < -0.39 is 0 Å². The van der Waals surface area contributed by atoms with Gasteiger partial charge >= 0.3 is 0 Å². The predicted molar refractivity (Wildman–Crippen MR) is 85.1 cm³/mol. The summed E-state index contributed by atoms with van der Waals surface area (Å²) in [7, 11) is 0. The maximum absolute atomic E-state index is 3.40. The fraction of sp³-hybridized carbons (Fsp3) is 1.00. The molecule has 0 aromatic rings. The first kappa shape index (κ1) is 26.5. The van der Waals surface area contributed by atoms with Gasteiger partial charge in [0.25, 0.3) is 0 Å². The van der Waals surface area contributed by atoms with Crippen molar-refractivity contribution in [3.63, 3.8) is 0 Å². The second-order valence-electron chi connectivity index (χ2n) is 3.35. The molecule has 17 heavy (non-hydrogen) atoms. The minimum atomic E-state index is 0. The van der Waals surface area contributed by atoms with Crippen molar-refractivity contribution in [2.75, 3.05) is 52.4 Å². The van der Waals surface area contributed by atoms with Gasteiger partial charge in [0, 0.05) is 39.3 Å². The van der Waals surface area contributed by atoms with E-state index in [4.69, 9.17) is 0 Å². The van der Waals surface area contributed by atoms with Crippen LogP contribution in [0.4, 0.5) is 0 Å². The number of halogens is 4. The molecule has 0 aromatic heterocycles. The van der Waals surface area contributed by atoms with Gasteiger partial charge in [-0.05, 0) is 19.5 Å². The lowest BCUT2D eigenvalue weighted by molar-refractivity contribution is 0.588. The third kappa shape index (κ3) is 19.5. The Labute approximate surface area is 129 Å². The van der Waals surface area contributed by atoms with Crippen molar-refractivity contribution in [2.45, 2.75) is 6.42 Å². The molecule has 0 unspecified atom stereocenters. The minimum Gasteiger partial charge on any atom is -0.315 e. The summed E-state index contributed by atoms with van der Waals surface area (Å²) < 4.78 is 0. The molecule has 1 fully saturated rings.